The summed E-state index contributed by atoms with van der Waals surface area (Å²) in [6, 6.07) is 5.39. The molecule has 0 bridgehead atoms. The Bertz CT molecular complexity index is 987. The Morgan fingerprint density at radius 1 is 1.24 bits per heavy atom. The van der Waals surface area contributed by atoms with E-state index in [2.05, 4.69) is 25.6 Å². The Morgan fingerprint density at radius 3 is 2.79 bits per heavy atom. The van der Waals surface area contributed by atoms with Gasteiger partial charge in [0.1, 0.15) is 17.5 Å². The summed E-state index contributed by atoms with van der Waals surface area (Å²) in [7, 11) is 1.32. The number of anilines is 2. The average Bonchev–Trinajstić information content (AvgIpc) is 3.46. The van der Waals surface area contributed by atoms with Gasteiger partial charge in [0.25, 0.3) is 0 Å². The molecule has 1 N–H and O–H groups in total. The van der Waals surface area contributed by atoms with Gasteiger partial charge in [-0.05, 0) is 36.4 Å². The molecular formula is C18H19N7O3S. The molecule has 1 fully saturated rings. The molecule has 4 heterocycles. The highest BCUT2D eigenvalue weighted by atomic mass is 32.1. The van der Waals surface area contributed by atoms with E-state index in [-0.39, 0.29) is 11.8 Å². The Hall–Kier alpha value is -3.34. The van der Waals surface area contributed by atoms with Crippen molar-refractivity contribution in [3.63, 3.8) is 0 Å². The third-order valence-corrected chi connectivity index (χ3v) is 5.59. The molecule has 0 radical (unpaired) electrons. The topological polar surface area (TPSA) is 115 Å². The fourth-order valence-corrected chi connectivity index (χ4v) is 3.99. The fraction of sp³-hybridized carbons (Fsp3) is 0.333. The van der Waals surface area contributed by atoms with E-state index in [1.165, 1.54) is 29.5 Å². The van der Waals surface area contributed by atoms with Crippen LogP contribution in [0.2, 0.25) is 0 Å². The standard InChI is InChI=1S/C18H19N7O3S/c1-28-18(27)16-13(6-8-29-16)21-17(26)12-3-2-7-24(9-12)14-4-5-15(23-22-14)25-11-19-10-20-25/h4-6,8,10-12H,2-3,7,9H2,1H3,(H,21,26). The third-order valence-electron chi connectivity index (χ3n) is 4.70. The second kappa shape index (κ2) is 8.35. The summed E-state index contributed by atoms with van der Waals surface area (Å²) in [6.45, 7) is 1.33. The highest BCUT2D eigenvalue weighted by Crippen LogP contribution is 2.26. The smallest absolute Gasteiger partial charge is 0.350 e. The number of esters is 1. The molecule has 0 aromatic carbocycles. The summed E-state index contributed by atoms with van der Waals surface area (Å²) in [5.74, 6) is 0.488. The molecule has 11 heteroatoms. The number of aromatic nitrogens is 5. The van der Waals surface area contributed by atoms with Crippen molar-refractivity contribution in [2.24, 2.45) is 5.92 Å². The van der Waals surface area contributed by atoms with Crippen molar-refractivity contribution in [1.82, 2.24) is 25.0 Å². The van der Waals surface area contributed by atoms with Crippen molar-refractivity contribution in [1.29, 1.82) is 0 Å². The lowest BCUT2D eigenvalue weighted by molar-refractivity contribution is -0.120. The lowest BCUT2D eigenvalue weighted by Gasteiger charge is -2.32. The summed E-state index contributed by atoms with van der Waals surface area (Å²) < 4.78 is 6.29. The van der Waals surface area contributed by atoms with Crippen LogP contribution in [0.3, 0.4) is 0 Å². The highest BCUT2D eigenvalue weighted by molar-refractivity contribution is 7.12. The van der Waals surface area contributed by atoms with E-state index in [0.717, 1.165) is 19.4 Å². The van der Waals surface area contributed by atoms with Crippen LogP contribution in [0.15, 0.2) is 36.2 Å². The van der Waals surface area contributed by atoms with Gasteiger partial charge in [0.15, 0.2) is 11.6 Å². The molecule has 1 amide bonds. The first kappa shape index (κ1) is 19.0. The molecule has 1 aliphatic rings. The van der Waals surface area contributed by atoms with Crippen LogP contribution in [0, 0.1) is 5.92 Å². The first-order chi connectivity index (χ1) is 14.2. The Morgan fingerprint density at radius 2 is 2.07 bits per heavy atom. The molecule has 4 rings (SSSR count). The van der Waals surface area contributed by atoms with Crippen LogP contribution in [-0.4, -0.2) is 57.0 Å². The minimum atomic E-state index is -0.455. The first-order valence-corrected chi connectivity index (χ1v) is 9.94. The minimum absolute atomic E-state index is 0.120. The number of carbonyl (C=O) groups is 2. The van der Waals surface area contributed by atoms with Crippen LogP contribution in [0.1, 0.15) is 22.5 Å². The second-order valence-corrected chi connectivity index (χ2v) is 7.44. The second-order valence-electron chi connectivity index (χ2n) is 6.52. The van der Waals surface area contributed by atoms with Crippen LogP contribution in [0.25, 0.3) is 5.82 Å². The van der Waals surface area contributed by atoms with Crippen molar-refractivity contribution in [2.75, 3.05) is 30.4 Å². The quantitative estimate of drug-likeness (QED) is 0.629. The van der Waals surface area contributed by atoms with Crippen LogP contribution in [0.5, 0.6) is 0 Å². The van der Waals surface area contributed by atoms with Crippen molar-refractivity contribution < 1.29 is 14.3 Å². The molecule has 1 unspecified atom stereocenters. The Kier molecular flexibility index (Phi) is 5.47. The van der Waals surface area contributed by atoms with E-state index in [0.29, 0.717) is 28.7 Å². The van der Waals surface area contributed by atoms with Gasteiger partial charge in [-0.15, -0.1) is 21.5 Å². The largest absolute Gasteiger partial charge is 0.465 e. The summed E-state index contributed by atoms with van der Waals surface area (Å²) in [6.07, 6.45) is 4.61. The zero-order valence-corrected chi connectivity index (χ0v) is 16.5. The van der Waals surface area contributed by atoms with Gasteiger partial charge >= 0.3 is 5.97 Å². The van der Waals surface area contributed by atoms with Crippen molar-refractivity contribution in [2.45, 2.75) is 12.8 Å². The first-order valence-electron chi connectivity index (χ1n) is 9.06. The number of hydrogen-bond acceptors (Lipinski definition) is 9. The number of nitrogens with one attached hydrogen (secondary N) is 1. The van der Waals surface area contributed by atoms with Gasteiger partial charge in [-0.3, -0.25) is 4.79 Å². The molecule has 1 saturated heterocycles. The fourth-order valence-electron chi connectivity index (χ4n) is 3.23. The van der Waals surface area contributed by atoms with Crippen molar-refractivity contribution in [3.8, 4) is 5.82 Å². The molecule has 29 heavy (non-hydrogen) atoms. The molecule has 0 saturated carbocycles. The zero-order chi connectivity index (χ0) is 20.2. The van der Waals surface area contributed by atoms with E-state index in [1.54, 1.807) is 17.8 Å². The normalized spacial score (nSPS) is 16.4. The number of amides is 1. The van der Waals surface area contributed by atoms with E-state index in [9.17, 15) is 9.59 Å². The zero-order valence-electron chi connectivity index (χ0n) is 15.7. The highest BCUT2D eigenvalue weighted by Gasteiger charge is 2.28. The van der Waals surface area contributed by atoms with E-state index in [1.807, 2.05) is 17.0 Å². The number of ether oxygens (including phenoxy) is 1. The molecule has 1 atom stereocenters. The molecule has 10 nitrogen and oxygen atoms in total. The van der Waals surface area contributed by atoms with Crippen LogP contribution < -0.4 is 10.2 Å². The monoisotopic (exact) mass is 413 g/mol. The molecule has 1 aliphatic heterocycles. The summed E-state index contributed by atoms with van der Waals surface area (Å²) in [4.78, 5) is 30.9. The van der Waals surface area contributed by atoms with Gasteiger partial charge in [0.2, 0.25) is 5.91 Å². The van der Waals surface area contributed by atoms with Gasteiger partial charge in [-0.1, -0.05) is 0 Å². The van der Waals surface area contributed by atoms with Crippen LogP contribution in [-0.2, 0) is 9.53 Å². The van der Waals surface area contributed by atoms with E-state index in [4.69, 9.17) is 4.74 Å². The predicted molar refractivity (Wildman–Crippen MR) is 106 cm³/mol. The Labute approximate surface area is 170 Å². The number of carbonyl (C=O) groups excluding carboxylic acids is 2. The van der Waals surface area contributed by atoms with Crippen molar-refractivity contribution in [3.05, 3.63) is 41.1 Å². The molecule has 3 aromatic rings. The van der Waals surface area contributed by atoms with Gasteiger partial charge in [0, 0.05) is 13.1 Å². The van der Waals surface area contributed by atoms with Gasteiger partial charge in [-0.25, -0.2) is 14.5 Å². The van der Waals surface area contributed by atoms with Crippen molar-refractivity contribution >= 4 is 34.7 Å². The number of nitrogens with zero attached hydrogens (tertiary/aromatic N) is 6. The number of methoxy groups -OCH3 is 1. The number of rotatable bonds is 5. The van der Waals surface area contributed by atoms with E-state index >= 15 is 0 Å². The van der Waals surface area contributed by atoms with Gasteiger partial charge < -0.3 is 15.0 Å². The maximum absolute atomic E-state index is 12.8. The summed E-state index contributed by atoms with van der Waals surface area (Å²) in [5.41, 5.74) is 0.487. The molecule has 0 aliphatic carbocycles. The predicted octanol–water partition coefficient (Wildman–Crippen LogP) is 1.76. The van der Waals surface area contributed by atoms with Gasteiger partial charge in [0.05, 0.1) is 18.7 Å². The molecule has 3 aromatic heterocycles. The third kappa shape index (κ3) is 4.09. The van der Waals surface area contributed by atoms with Crippen LogP contribution in [0.4, 0.5) is 11.5 Å². The number of piperidine rings is 1. The maximum atomic E-state index is 12.8. The van der Waals surface area contributed by atoms with Gasteiger partial charge in [-0.2, -0.15) is 5.10 Å². The number of thiophene rings is 1. The summed E-state index contributed by atoms with van der Waals surface area (Å²) >= 11 is 1.24. The minimum Gasteiger partial charge on any atom is -0.465 e. The number of hydrogen-bond donors (Lipinski definition) is 1. The Balaban J connectivity index is 1.42. The maximum Gasteiger partial charge on any atom is 0.350 e. The SMILES string of the molecule is COC(=O)c1sccc1NC(=O)C1CCCN(c2ccc(-n3cncn3)nn2)C1. The van der Waals surface area contributed by atoms with E-state index < -0.39 is 5.97 Å². The lowest BCUT2D eigenvalue weighted by Crippen LogP contribution is -2.41. The lowest BCUT2D eigenvalue weighted by atomic mass is 9.97. The average molecular weight is 413 g/mol. The molecule has 0 spiro atoms. The summed E-state index contributed by atoms with van der Waals surface area (Å²) in [5, 5.41) is 17.1. The molecule has 150 valence electrons. The van der Waals surface area contributed by atoms with Crippen LogP contribution >= 0.6 is 11.3 Å². The molecular weight excluding hydrogens is 394 g/mol.